The highest BCUT2D eigenvalue weighted by Crippen LogP contribution is 2.51. The SMILES string of the molecule is N#CC(C#N)=c1cc2c(-c3c(F)c(F)c(C(F)(F)F)c(F)c3F)c3sc(=C(C#N)C#N)cc3c(-c3c(F)c(F)c(C(F)(F)F)c(F)c3F)c2s1. The normalized spacial score (nSPS) is 11.7. The first-order valence-corrected chi connectivity index (χ1v) is 14.1. The highest BCUT2D eigenvalue weighted by molar-refractivity contribution is 7.20. The van der Waals surface area contributed by atoms with Crippen molar-refractivity contribution in [2.75, 3.05) is 0 Å². The summed E-state index contributed by atoms with van der Waals surface area (Å²) in [4.78, 5) is 0. The van der Waals surface area contributed by atoms with Crippen molar-refractivity contribution in [3.8, 4) is 46.5 Å². The number of nitrogens with zero attached hydrogens (tertiary/aromatic N) is 4. The smallest absolute Gasteiger partial charge is 0.203 e. The summed E-state index contributed by atoms with van der Waals surface area (Å²) >= 11 is 0.136. The first-order valence-electron chi connectivity index (χ1n) is 12.5. The van der Waals surface area contributed by atoms with Crippen LogP contribution in [0.5, 0.6) is 0 Å². The Morgan fingerprint density at radius 1 is 0.440 bits per heavy atom. The Hall–Kier alpha value is -5.70. The molecule has 0 unspecified atom stereocenters. The van der Waals surface area contributed by atoms with E-state index in [4.69, 9.17) is 0 Å². The number of thiophene rings is 2. The van der Waals surface area contributed by atoms with Crippen molar-refractivity contribution in [2.24, 2.45) is 0 Å². The molecular formula is C30H2F14N4S2. The second kappa shape index (κ2) is 12.0. The maximum absolute atomic E-state index is 15.6. The van der Waals surface area contributed by atoms with Crippen LogP contribution in [0.3, 0.4) is 0 Å². The Labute approximate surface area is 274 Å². The van der Waals surface area contributed by atoms with E-state index in [1.807, 2.05) is 0 Å². The van der Waals surface area contributed by atoms with E-state index in [2.05, 4.69) is 0 Å². The molecule has 0 aliphatic rings. The molecule has 3 aromatic carbocycles. The van der Waals surface area contributed by atoms with Gasteiger partial charge in [-0.05, 0) is 12.1 Å². The third kappa shape index (κ3) is 5.16. The van der Waals surface area contributed by atoms with Gasteiger partial charge in [-0.1, -0.05) is 0 Å². The molecule has 0 aliphatic carbocycles. The molecule has 5 aromatic rings. The van der Waals surface area contributed by atoms with Gasteiger partial charge in [-0.3, -0.25) is 0 Å². The van der Waals surface area contributed by atoms with Crippen LogP contribution in [0, 0.1) is 91.9 Å². The summed E-state index contributed by atoms with van der Waals surface area (Å²) in [7, 11) is 0. The summed E-state index contributed by atoms with van der Waals surface area (Å²) in [5.41, 5.74) is -14.1. The molecule has 0 saturated carbocycles. The Morgan fingerprint density at radius 2 is 0.700 bits per heavy atom. The number of fused-ring (bicyclic) bond motifs is 2. The molecule has 0 aliphatic heterocycles. The van der Waals surface area contributed by atoms with Gasteiger partial charge < -0.3 is 0 Å². The van der Waals surface area contributed by atoms with E-state index in [9.17, 15) is 65.0 Å². The molecule has 20 heteroatoms. The van der Waals surface area contributed by atoms with Crippen molar-refractivity contribution < 1.29 is 61.5 Å². The molecule has 0 saturated heterocycles. The molecule has 2 heterocycles. The highest BCUT2D eigenvalue weighted by atomic mass is 32.1. The zero-order chi connectivity index (χ0) is 37.4. The van der Waals surface area contributed by atoms with E-state index in [0.29, 0.717) is 12.1 Å². The zero-order valence-corrected chi connectivity index (χ0v) is 24.7. The van der Waals surface area contributed by atoms with Crippen molar-refractivity contribution >= 4 is 54.0 Å². The van der Waals surface area contributed by atoms with Gasteiger partial charge in [0.15, 0.2) is 46.5 Å². The lowest BCUT2D eigenvalue weighted by Gasteiger charge is -2.18. The summed E-state index contributed by atoms with van der Waals surface area (Å²) in [6.07, 6.45) is -12.0. The van der Waals surface area contributed by atoms with E-state index in [0.717, 1.165) is 0 Å². The molecule has 0 N–H and O–H groups in total. The topological polar surface area (TPSA) is 95.2 Å². The lowest BCUT2D eigenvalue weighted by Crippen LogP contribution is -2.16. The molecule has 0 radical (unpaired) electrons. The van der Waals surface area contributed by atoms with E-state index in [1.165, 1.54) is 24.3 Å². The second-order valence-corrected chi connectivity index (χ2v) is 11.8. The fourth-order valence-electron chi connectivity index (χ4n) is 4.98. The quantitative estimate of drug-likeness (QED) is 0.133. The van der Waals surface area contributed by atoms with E-state index in [1.54, 1.807) is 0 Å². The molecule has 50 heavy (non-hydrogen) atoms. The predicted molar refractivity (Wildman–Crippen MR) is 146 cm³/mol. The number of hydrogen-bond donors (Lipinski definition) is 0. The van der Waals surface area contributed by atoms with Gasteiger partial charge in [-0.2, -0.15) is 47.4 Å². The average Bonchev–Trinajstić information content (AvgIpc) is 3.65. The van der Waals surface area contributed by atoms with Crippen LogP contribution in [0.4, 0.5) is 61.5 Å². The Balaban J connectivity index is 2.22. The van der Waals surface area contributed by atoms with Crippen molar-refractivity contribution in [2.45, 2.75) is 12.4 Å². The third-order valence-electron chi connectivity index (χ3n) is 6.99. The predicted octanol–water partition coefficient (Wildman–Crippen LogP) is 9.00. The van der Waals surface area contributed by atoms with Crippen LogP contribution in [0.2, 0.25) is 0 Å². The largest absolute Gasteiger partial charge is 0.422 e. The minimum absolute atomic E-state index is 0.0681. The fraction of sp³-hybridized carbons (Fsp3) is 0.0667. The lowest BCUT2D eigenvalue weighted by molar-refractivity contribution is -0.144. The lowest BCUT2D eigenvalue weighted by atomic mass is 9.91. The molecule has 0 bridgehead atoms. The van der Waals surface area contributed by atoms with E-state index < -0.39 is 133 Å². The molecule has 0 atom stereocenters. The van der Waals surface area contributed by atoms with Crippen molar-refractivity contribution in [3.63, 3.8) is 0 Å². The van der Waals surface area contributed by atoms with E-state index >= 15 is 17.6 Å². The molecular weight excluding hydrogens is 746 g/mol. The van der Waals surface area contributed by atoms with Gasteiger partial charge in [0, 0.05) is 31.3 Å². The molecule has 0 fully saturated rings. The number of rotatable bonds is 2. The van der Waals surface area contributed by atoms with Crippen LogP contribution in [0.15, 0.2) is 12.1 Å². The summed E-state index contributed by atoms with van der Waals surface area (Å²) in [5, 5.41) is 35.7. The van der Waals surface area contributed by atoms with E-state index in [-0.39, 0.29) is 22.7 Å². The number of halogens is 14. The van der Waals surface area contributed by atoms with Crippen molar-refractivity contribution in [1.29, 1.82) is 21.0 Å². The molecule has 0 spiro atoms. The minimum atomic E-state index is -6.02. The average molecular weight is 748 g/mol. The Kier molecular flexibility index (Phi) is 8.56. The van der Waals surface area contributed by atoms with Crippen LogP contribution in [-0.4, -0.2) is 0 Å². The van der Waals surface area contributed by atoms with Crippen molar-refractivity contribution in [3.05, 3.63) is 78.9 Å². The van der Waals surface area contributed by atoms with Gasteiger partial charge in [0.2, 0.25) is 0 Å². The van der Waals surface area contributed by atoms with Gasteiger partial charge in [0.05, 0.1) is 20.2 Å². The molecule has 5 rings (SSSR count). The van der Waals surface area contributed by atoms with Crippen LogP contribution in [0.25, 0.3) is 53.6 Å². The molecule has 2 aromatic heterocycles. The van der Waals surface area contributed by atoms with Crippen LogP contribution < -0.4 is 9.06 Å². The zero-order valence-electron chi connectivity index (χ0n) is 23.1. The molecule has 252 valence electrons. The highest BCUT2D eigenvalue weighted by Gasteiger charge is 2.45. The number of alkyl halides is 6. The van der Waals surface area contributed by atoms with Gasteiger partial charge in [-0.15, -0.1) is 22.7 Å². The Morgan fingerprint density at radius 3 is 0.920 bits per heavy atom. The standard InChI is InChI=1S/C30H2F14N4S2/c31-19-15(20(32)24(36)17(23(19)35)29(39,40)41)13-9-1-11(7(3-45)4-46)49-27(9)14(10-2-12(50-28(10)13)8(5-47)6-48)16-21(33)25(37)18(30(42,43)44)26(38)22(16)34/h1-2H. The molecule has 4 nitrogen and oxygen atoms in total. The van der Waals surface area contributed by atoms with Gasteiger partial charge in [-0.25, -0.2) is 35.1 Å². The minimum Gasteiger partial charge on any atom is -0.203 e. The monoisotopic (exact) mass is 748 g/mol. The van der Waals surface area contributed by atoms with Crippen molar-refractivity contribution in [1.82, 2.24) is 0 Å². The fourth-order valence-corrected chi connectivity index (χ4v) is 7.33. The Bertz CT molecular complexity index is 2320. The first-order chi connectivity index (χ1) is 23.3. The van der Waals surface area contributed by atoms with Gasteiger partial charge in [0.1, 0.15) is 46.5 Å². The maximum Gasteiger partial charge on any atom is 0.422 e. The summed E-state index contributed by atoms with van der Waals surface area (Å²) < 4.78 is 199. The number of hydrogen-bond acceptors (Lipinski definition) is 6. The third-order valence-corrected chi connectivity index (χ3v) is 9.33. The number of nitriles is 4. The van der Waals surface area contributed by atoms with Gasteiger partial charge >= 0.3 is 12.4 Å². The van der Waals surface area contributed by atoms with Crippen LogP contribution in [0.1, 0.15) is 11.1 Å². The first kappa shape index (κ1) is 35.6. The van der Waals surface area contributed by atoms with Crippen LogP contribution in [-0.2, 0) is 12.4 Å². The molecule has 0 amide bonds. The summed E-state index contributed by atoms with van der Waals surface area (Å²) in [5.74, 6) is -22.8. The van der Waals surface area contributed by atoms with Gasteiger partial charge in [0.25, 0.3) is 0 Å². The maximum atomic E-state index is 15.6. The summed E-state index contributed by atoms with van der Waals surface area (Å²) in [6.45, 7) is 0. The summed E-state index contributed by atoms with van der Waals surface area (Å²) in [6, 6.07) is 6.65. The van der Waals surface area contributed by atoms with Crippen LogP contribution >= 0.6 is 22.7 Å². The number of benzene rings is 3. The second-order valence-electron chi connectivity index (χ2n) is 9.66.